The van der Waals surface area contributed by atoms with Gasteiger partial charge in [0.15, 0.2) is 0 Å². The molecule has 0 bridgehead atoms. The van der Waals surface area contributed by atoms with Crippen molar-refractivity contribution in [1.29, 1.82) is 0 Å². The van der Waals surface area contributed by atoms with Crippen LogP contribution in [0.4, 0.5) is 5.69 Å². The summed E-state index contributed by atoms with van der Waals surface area (Å²) in [6.45, 7) is 5.64. The van der Waals surface area contributed by atoms with Gasteiger partial charge in [0.05, 0.1) is 18.1 Å². The van der Waals surface area contributed by atoms with Crippen LogP contribution < -0.4 is 10.6 Å². The largest absolute Gasteiger partial charge is 0.463 e. The van der Waals surface area contributed by atoms with Gasteiger partial charge in [0.2, 0.25) is 10.0 Å². The van der Waals surface area contributed by atoms with Crippen molar-refractivity contribution in [2.45, 2.75) is 18.2 Å². The van der Waals surface area contributed by atoms with E-state index in [0.717, 1.165) is 36.4 Å². The van der Waals surface area contributed by atoms with Crippen LogP contribution >= 0.6 is 0 Å². The molecule has 0 aromatic heterocycles. The lowest BCUT2D eigenvalue weighted by Crippen LogP contribution is -2.36. The highest BCUT2D eigenvalue weighted by atomic mass is 32.2. The molecule has 1 heterocycles. The third-order valence-corrected chi connectivity index (χ3v) is 7.41. The summed E-state index contributed by atoms with van der Waals surface area (Å²) in [5.41, 5.74) is 3.50. The first-order chi connectivity index (χ1) is 16.5. The number of ether oxygens (including phenoxy) is 2. The number of esters is 1. The summed E-state index contributed by atoms with van der Waals surface area (Å²) in [6, 6.07) is 14.9. The van der Waals surface area contributed by atoms with E-state index in [2.05, 4.69) is 10.6 Å². The standard InChI is InChI=1S/C25H33N3O5S/c1-3-33-25(29)22-12-17-28(18-13-22)34(30,31)24-10-6-21(7-11-24)20-4-8-23(9-5-20)27-15-14-26-16-19-32-2/h4-12,26-27H,3,13-19H2,1-2H3. The second-order valence-electron chi connectivity index (χ2n) is 7.83. The van der Waals surface area contributed by atoms with Crippen molar-refractivity contribution >= 4 is 21.7 Å². The molecule has 0 atom stereocenters. The molecule has 0 fully saturated rings. The van der Waals surface area contributed by atoms with Gasteiger partial charge in [-0.15, -0.1) is 0 Å². The second kappa shape index (κ2) is 12.7. The minimum absolute atomic E-state index is 0.161. The zero-order valence-corrected chi connectivity index (χ0v) is 20.6. The van der Waals surface area contributed by atoms with Crippen LogP contribution in [-0.2, 0) is 24.3 Å². The van der Waals surface area contributed by atoms with Crippen LogP contribution in [0.15, 0.2) is 65.1 Å². The molecule has 8 nitrogen and oxygen atoms in total. The monoisotopic (exact) mass is 487 g/mol. The van der Waals surface area contributed by atoms with Gasteiger partial charge in [-0.2, -0.15) is 4.31 Å². The summed E-state index contributed by atoms with van der Waals surface area (Å²) < 4.78 is 37.4. The van der Waals surface area contributed by atoms with Crippen molar-refractivity contribution in [2.75, 3.05) is 58.4 Å². The highest BCUT2D eigenvalue weighted by Crippen LogP contribution is 2.26. The topological polar surface area (TPSA) is 97.0 Å². The Balaban J connectivity index is 1.57. The second-order valence-corrected chi connectivity index (χ2v) is 9.77. The van der Waals surface area contributed by atoms with Crippen LogP contribution in [0, 0.1) is 0 Å². The van der Waals surface area contributed by atoms with Crippen molar-refractivity contribution < 1.29 is 22.7 Å². The molecule has 34 heavy (non-hydrogen) atoms. The first-order valence-electron chi connectivity index (χ1n) is 11.5. The number of nitrogens with zero attached hydrogens (tertiary/aromatic N) is 1. The Morgan fingerprint density at radius 2 is 1.68 bits per heavy atom. The summed E-state index contributed by atoms with van der Waals surface area (Å²) in [6.07, 6.45) is 1.98. The predicted octanol–water partition coefficient (Wildman–Crippen LogP) is 2.89. The van der Waals surface area contributed by atoms with Crippen molar-refractivity contribution in [2.24, 2.45) is 0 Å². The molecule has 0 unspecified atom stereocenters. The SMILES string of the molecule is CCOC(=O)C1=CCN(S(=O)(=O)c2ccc(-c3ccc(NCCNCCOC)cc3)cc2)CC1. The molecular formula is C25H33N3O5S. The smallest absolute Gasteiger partial charge is 0.333 e. The van der Waals surface area contributed by atoms with Crippen molar-refractivity contribution in [3.63, 3.8) is 0 Å². The zero-order chi connectivity index (χ0) is 24.4. The average molecular weight is 488 g/mol. The molecular weight excluding hydrogens is 454 g/mol. The number of carbonyl (C=O) groups excluding carboxylic acids is 1. The van der Waals surface area contributed by atoms with E-state index in [4.69, 9.17) is 9.47 Å². The highest BCUT2D eigenvalue weighted by Gasteiger charge is 2.28. The molecule has 2 N–H and O–H groups in total. The van der Waals surface area contributed by atoms with E-state index in [1.54, 1.807) is 32.2 Å². The molecule has 2 aromatic rings. The third-order valence-electron chi connectivity index (χ3n) is 5.53. The normalized spacial score (nSPS) is 14.5. The number of hydrogen-bond donors (Lipinski definition) is 2. The number of hydrogen-bond acceptors (Lipinski definition) is 7. The number of anilines is 1. The molecule has 3 rings (SSSR count). The van der Waals surface area contributed by atoms with E-state index in [-0.39, 0.29) is 24.0 Å². The fourth-order valence-electron chi connectivity index (χ4n) is 3.62. The maximum Gasteiger partial charge on any atom is 0.333 e. The first kappa shape index (κ1) is 25.9. The fourth-order valence-corrected chi connectivity index (χ4v) is 5.00. The summed E-state index contributed by atoms with van der Waals surface area (Å²) >= 11 is 0. The van der Waals surface area contributed by atoms with Gasteiger partial charge >= 0.3 is 5.97 Å². The molecule has 184 valence electrons. The number of methoxy groups -OCH3 is 1. The third kappa shape index (κ3) is 6.89. The predicted molar refractivity (Wildman–Crippen MR) is 133 cm³/mol. The Morgan fingerprint density at radius 1 is 1.00 bits per heavy atom. The van der Waals surface area contributed by atoms with Crippen LogP contribution in [0.25, 0.3) is 11.1 Å². The van der Waals surface area contributed by atoms with Gasteiger partial charge in [0.1, 0.15) is 0 Å². The minimum atomic E-state index is -3.64. The van der Waals surface area contributed by atoms with E-state index >= 15 is 0 Å². The summed E-state index contributed by atoms with van der Waals surface area (Å²) in [4.78, 5) is 12.1. The Labute approximate surface area is 202 Å². The van der Waals surface area contributed by atoms with Gasteiger partial charge in [0.25, 0.3) is 0 Å². The summed E-state index contributed by atoms with van der Waals surface area (Å²) in [7, 11) is -1.95. The molecule has 0 aliphatic carbocycles. The number of sulfonamides is 1. The Hall–Kier alpha value is -2.72. The maximum atomic E-state index is 13.0. The summed E-state index contributed by atoms with van der Waals surface area (Å²) in [5, 5.41) is 6.64. The number of rotatable bonds is 12. The Kier molecular flexibility index (Phi) is 9.64. The molecule has 0 spiro atoms. The highest BCUT2D eigenvalue weighted by molar-refractivity contribution is 7.89. The maximum absolute atomic E-state index is 13.0. The van der Waals surface area contributed by atoms with E-state index < -0.39 is 10.0 Å². The van der Waals surface area contributed by atoms with Crippen LogP contribution in [0.5, 0.6) is 0 Å². The molecule has 0 amide bonds. The summed E-state index contributed by atoms with van der Waals surface area (Å²) in [5.74, 6) is -0.371. The lowest BCUT2D eigenvalue weighted by Gasteiger charge is -2.25. The molecule has 0 saturated carbocycles. The van der Waals surface area contributed by atoms with Crippen molar-refractivity contribution in [3.05, 3.63) is 60.2 Å². The van der Waals surface area contributed by atoms with Gasteiger partial charge in [-0.05, 0) is 48.7 Å². The van der Waals surface area contributed by atoms with Gasteiger partial charge < -0.3 is 20.1 Å². The zero-order valence-electron chi connectivity index (χ0n) is 19.7. The van der Waals surface area contributed by atoms with Crippen LogP contribution in [0.1, 0.15) is 13.3 Å². The molecule has 9 heteroatoms. The minimum Gasteiger partial charge on any atom is -0.463 e. The van der Waals surface area contributed by atoms with Gasteiger partial charge in [0, 0.05) is 51.1 Å². The molecule has 1 aliphatic rings. The first-order valence-corrected chi connectivity index (χ1v) is 12.9. The molecule has 0 radical (unpaired) electrons. The average Bonchev–Trinajstić information content (AvgIpc) is 2.87. The van der Waals surface area contributed by atoms with E-state index in [1.165, 1.54) is 4.31 Å². The van der Waals surface area contributed by atoms with Crippen LogP contribution in [0.2, 0.25) is 0 Å². The van der Waals surface area contributed by atoms with Crippen LogP contribution in [-0.4, -0.2) is 71.7 Å². The van der Waals surface area contributed by atoms with E-state index in [1.807, 2.05) is 36.4 Å². The number of carbonyl (C=O) groups is 1. The van der Waals surface area contributed by atoms with Gasteiger partial charge in [-0.1, -0.05) is 30.3 Å². The van der Waals surface area contributed by atoms with Gasteiger partial charge in [-0.25, -0.2) is 13.2 Å². The number of benzene rings is 2. The van der Waals surface area contributed by atoms with E-state index in [0.29, 0.717) is 25.2 Å². The van der Waals surface area contributed by atoms with Crippen molar-refractivity contribution in [3.8, 4) is 11.1 Å². The van der Waals surface area contributed by atoms with Gasteiger partial charge in [-0.3, -0.25) is 0 Å². The molecule has 0 saturated heterocycles. The quantitative estimate of drug-likeness (QED) is 0.351. The molecule has 1 aliphatic heterocycles. The van der Waals surface area contributed by atoms with E-state index in [9.17, 15) is 13.2 Å². The van der Waals surface area contributed by atoms with Crippen molar-refractivity contribution in [1.82, 2.24) is 9.62 Å². The fraction of sp³-hybridized carbons (Fsp3) is 0.400. The Bertz CT molecular complexity index is 1070. The lowest BCUT2D eigenvalue weighted by atomic mass is 10.1. The lowest BCUT2D eigenvalue weighted by molar-refractivity contribution is -0.138. The molecule has 2 aromatic carbocycles. The number of nitrogens with one attached hydrogen (secondary N) is 2. The Morgan fingerprint density at radius 3 is 2.26 bits per heavy atom. The van der Waals surface area contributed by atoms with Crippen LogP contribution in [0.3, 0.4) is 0 Å².